The maximum atomic E-state index is 13.2. The van der Waals surface area contributed by atoms with Gasteiger partial charge in [-0.05, 0) is 57.0 Å². The monoisotopic (exact) mass is 362 g/mol. The minimum atomic E-state index is -0.517. The van der Waals surface area contributed by atoms with Gasteiger partial charge in [-0.25, -0.2) is 9.48 Å². The van der Waals surface area contributed by atoms with Crippen LogP contribution in [-0.4, -0.2) is 21.5 Å². The summed E-state index contributed by atoms with van der Waals surface area (Å²) in [6.07, 6.45) is 1.47. The Morgan fingerprint density at radius 1 is 1.04 bits per heavy atom. The number of ketones is 1. The molecule has 0 saturated carbocycles. The Morgan fingerprint density at radius 2 is 1.74 bits per heavy atom. The van der Waals surface area contributed by atoms with Crippen LogP contribution in [0.4, 0.5) is 0 Å². The highest BCUT2D eigenvalue weighted by molar-refractivity contribution is 6.12. The summed E-state index contributed by atoms with van der Waals surface area (Å²) in [5, 5.41) is 4.22. The highest BCUT2D eigenvalue weighted by atomic mass is 16.5. The number of esters is 1. The van der Waals surface area contributed by atoms with Crippen molar-refractivity contribution in [1.29, 1.82) is 0 Å². The zero-order valence-corrected chi connectivity index (χ0v) is 15.9. The fourth-order valence-electron chi connectivity index (χ4n) is 3.00. The lowest BCUT2D eigenvalue weighted by molar-refractivity contribution is 0.0716. The Morgan fingerprint density at radius 3 is 2.41 bits per heavy atom. The molecule has 1 aromatic heterocycles. The molecule has 0 aliphatic carbocycles. The normalized spacial score (nSPS) is 10.7. The largest absolute Gasteiger partial charge is 0.403 e. The Kier molecular flexibility index (Phi) is 5.21. The number of nitrogens with zero attached hydrogens (tertiary/aromatic N) is 2. The Hall–Kier alpha value is -3.21. The molecule has 0 aliphatic heterocycles. The standard InChI is InChI=1S/C22H22N2O3/c1-5-24-21(27-22(26)17-9-7-6-8-10-17)19(13-23-24)20(25)18-12-14(2)11-15(3)16(18)4/h6-13H,5H2,1-4H3. The summed E-state index contributed by atoms with van der Waals surface area (Å²) in [6, 6.07) is 12.6. The van der Waals surface area contributed by atoms with Crippen molar-refractivity contribution in [1.82, 2.24) is 9.78 Å². The summed E-state index contributed by atoms with van der Waals surface area (Å²) in [5.41, 5.74) is 4.27. The second-order valence-corrected chi connectivity index (χ2v) is 6.52. The van der Waals surface area contributed by atoms with Crippen LogP contribution in [0.25, 0.3) is 0 Å². The molecule has 3 aromatic rings. The maximum Gasteiger partial charge on any atom is 0.344 e. The van der Waals surface area contributed by atoms with Gasteiger partial charge in [-0.3, -0.25) is 4.79 Å². The van der Waals surface area contributed by atoms with Gasteiger partial charge in [-0.2, -0.15) is 5.10 Å². The number of carbonyl (C=O) groups is 2. The molecule has 0 spiro atoms. The van der Waals surface area contributed by atoms with Gasteiger partial charge in [0.25, 0.3) is 0 Å². The SMILES string of the molecule is CCn1ncc(C(=O)c2cc(C)cc(C)c2C)c1OC(=O)c1ccccc1. The van der Waals surface area contributed by atoms with Gasteiger partial charge in [0.2, 0.25) is 5.88 Å². The smallest absolute Gasteiger partial charge is 0.344 e. The Bertz CT molecular complexity index is 1000. The second-order valence-electron chi connectivity index (χ2n) is 6.52. The van der Waals surface area contributed by atoms with Gasteiger partial charge in [-0.15, -0.1) is 0 Å². The van der Waals surface area contributed by atoms with Crippen molar-refractivity contribution in [3.8, 4) is 5.88 Å². The number of aromatic nitrogens is 2. The molecule has 0 atom stereocenters. The third-order valence-corrected chi connectivity index (χ3v) is 4.59. The van der Waals surface area contributed by atoms with Crippen molar-refractivity contribution in [2.75, 3.05) is 0 Å². The summed E-state index contributed by atoms with van der Waals surface area (Å²) in [5.74, 6) is -0.540. The van der Waals surface area contributed by atoms with E-state index in [4.69, 9.17) is 4.74 Å². The predicted octanol–water partition coefficient (Wildman–Crippen LogP) is 4.28. The van der Waals surface area contributed by atoms with Crippen LogP contribution in [-0.2, 0) is 6.54 Å². The molecule has 0 fully saturated rings. The molecule has 1 heterocycles. The van der Waals surface area contributed by atoms with E-state index in [-0.39, 0.29) is 17.2 Å². The van der Waals surface area contributed by atoms with Crippen molar-refractivity contribution < 1.29 is 14.3 Å². The zero-order chi connectivity index (χ0) is 19.6. The lowest BCUT2D eigenvalue weighted by atomic mass is 9.95. The van der Waals surface area contributed by atoms with E-state index in [1.807, 2.05) is 45.9 Å². The van der Waals surface area contributed by atoms with Gasteiger partial charge in [0.05, 0.1) is 11.8 Å². The van der Waals surface area contributed by atoms with E-state index in [0.717, 1.165) is 16.7 Å². The van der Waals surface area contributed by atoms with Crippen LogP contribution in [0.5, 0.6) is 5.88 Å². The molecular formula is C22H22N2O3. The maximum absolute atomic E-state index is 13.2. The van der Waals surface area contributed by atoms with E-state index < -0.39 is 5.97 Å². The van der Waals surface area contributed by atoms with E-state index in [9.17, 15) is 9.59 Å². The average molecular weight is 362 g/mol. The molecule has 0 bridgehead atoms. The second kappa shape index (κ2) is 7.58. The van der Waals surface area contributed by atoms with Crippen LogP contribution < -0.4 is 4.74 Å². The van der Waals surface area contributed by atoms with E-state index in [1.54, 1.807) is 24.3 Å². The van der Waals surface area contributed by atoms with Crippen LogP contribution in [0.1, 0.15) is 49.9 Å². The first kappa shape index (κ1) is 18.6. The first-order valence-corrected chi connectivity index (χ1v) is 8.88. The van der Waals surface area contributed by atoms with Gasteiger partial charge in [0, 0.05) is 12.1 Å². The van der Waals surface area contributed by atoms with Crippen LogP contribution in [0.2, 0.25) is 0 Å². The lowest BCUT2D eigenvalue weighted by Gasteiger charge is -2.11. The summed E-state index contributed by atoms with van der Waals surface area (Å²) in [4.78, 5) is 25.7. The Labute approximate surface area is 158 Å². The number of hydrogen-bond acceptors (Lipinski definition) is 4. The summed E-state index contributed by atoms with van der Waals surface area (Å²) >= 11 is 0. The van der Waals surface area contributed by atoms with Crippen molar-refractivity contribution in [3.05, 3.63) is 82.0 Å². The highest BCUT2D eigenvalue weighted by Crippen LogP contribution is 2.26. The minimum Gasteiger partial charge on any atom is -0.403 e. The fourth-order valence-corrected chi connectivity index (χ4v) is 3.00. The number of carbonyl (C=O) groups excluding carboxylic acids is 2. The molecular weight excluding hydrogens is 340 g/mol. The fraction of sp³-hybridized carbons (Fsp3) is 0.227. The molecule has 0 aliphatic rings. The summed E-state index contributed by atoms with van der Waals surface area (Å²) < 4.78 is 7.10. The van der Waals surface area contributed by atoms with E-state index in [0.29, 0.717) is 17.7 Å². The van der Waals surface area contributed by atoms with Gasteiger partial charge < -0.3 is 4.74 Å². The van der Waals surface area contributed by atoms with E-state index in [1.165, 1.54) is 10.9 Å². The molecule has 3 rings (SSSR count). The molecule has 0 unspecified atom stereocenters. The quantitative estimate of drug-likeness (QED) is 0.502. The van der Waals surface area contributed by atoms with Crippen molar-refractivity contribution in [3.63, 3.8) is 0 Å². The molecule has 0 amide bonds. The number of hydrogen-bond donors (Lipinski definition) is 0. The van der Waals surface area contributed by atoms with Crippen molar-refractivity contribution in [2.45, 2.75) is 34.2 Å². The van der Waals surface area contributed by atoms with E-state index in [2.05, 4.69) is 5.10 Å². The predicted molar refractivity (Wildman–Crippen MR) is 103 cm³/mol. The van der Waals surface area contributed by atoms with Crippen LogP contribution in [0.15, 0.2) is 48.7 Å². The van der Waals surface area contributed by atoms with Crippen LogP contribution in [0, 0.1) is 20.8 Å². The highest BCUT2D eigenvalue weighted by Gasteiger charge is 2.24. The number of aryl methyl sites for hydroxylation is 3. The number of rotatable bonds is 5. The summed E-state index contributed by atoms with van der Waals surface area (Å²) in [7, 11) is 0. The van der Waals surface area contributed by atoms with Crippen molar-refractivity contribution >= 4 is 11.8 Å². The molecule has 5 nitrogen and oxygen atoms in total. The average Bonchev–Trinajstić information content (AvgIpc) is 3.07. The molecule has 2 aromatic carbocycles. The summed E-state index contributed by atoms with van der Waals surface area (Å²) in [6.45, 7) is 8.21. The first-order valence-electron chi connectivity index (χ1n) is 8.88. The van der Waals surface area contributed by atoms with Gasteiger partial charge in [0.15, 0.2) is 5.78 Å². The van der Waals surface area contributed by atoms with Gasteiger partial charge >= 0.3 is 5.97 Å². The lowest BCUT2D eigenvalue weighted by Crippen LogP contribution is -2.15. The molecule has 0 saturated heterocycles. The topological polar surface area (TPSA) is 61.2 Å². The molecule has 0 radical (unpaired) electrons. The molecule has 138 valence electrons. The number of ether oxygens (including phenoxy) is 1. The third kappa shape index (κ3) is 3.67. The van der Waals surface area contributed by atoms with Crippen LogP contribution in [0.3, 0.4) is 0 Å². The van der Waals surface area contributed by atoms with Crippen molar-refractivity contribution in [2.24, 2.45) is 0 Å². The zero-order valence-electron chi connectivity index (χ0n) is 15.9. The molecule has 0 N–H and O–H groups in total. The van der Waals surface area contributed by atoms with E-state index >= 15 is 0 Å². The number of benzene rings is 2. The molecule has 5 heteroatoms. The minimum absolute atomic E-state index is 0.176. The van der Waals surface area contributed by atoms with Gasteiger partial charge in [0.1, 0.15) is 5.56 Å². The van der Waals surface area contributed by atoms with Gasteiger partial charge in [-0.1, -0.05) is 29.8 Å². The third-order valence-electron chi connectivity index (χ3n) is 4.59. The Balaban J connectivity index is 2.01. The van der Waals surface area contributed by atoms with Crippen LogP contribution >= 0.6 is 0 Å². The first-order chi connectivity index (χ1) is 12.9. The molecule has 27 heavy (non-hydrogen) atoms.